The van der Waals surface area contributed by atoms with Gasteiger partial charge < -0.3 is 13.7 Å². The number of hydrogen-bond donors (Lipinski definition) is 0. The molecule has 4 rings (SSSR count). The van der Waals surface area contributed by atoms with E-state index < -0.39 is 21.4 Å². The van der Waals surface area contributed by atoms with Crippen molar-refractivity contribution in [2.45, 2.75) is 40.0 Å². The summed E-state index contributed by atoms with van der Waals surface area (Å²) in [6.45, 7) is 6.47. The van der Waals surface area contributed by atoms with E-state index in [0.29, 0.717) is 0 Å². The zero-order valence-corrected chi connectivity index (χ0v) is 18.0. The Morgan fingerprint density at radius 2 is 0.800 bits per heavy atom. The number of rotatable bonds is 6. The highest BCUT2D eigenvalue weighted by Gasteiger charge is 2.43. The predicted octanol–water partition coefficient (Wildman–Crippen LogP) is 2.92. The molecule has 1 aliphatic heterocycles. The van der Waals surface area contributed by atoms with Crippen molar-refractivity contribution in [2.75, 3.05) is 0 Å². The Labute approximate surface area is 181 Å². The summed E-state index contributed by atoms with van der Waals surface area (Å²) in [5.74, 6) is 0. The lowest BCUT2D eigenvalue weighted by molar-refractivity contribution is 0.308. The molecule has 6 heteroatoms. The molecule has 0 amide bonds. The van der Waals surface area contributed by atoms with Crippen molar-refractivity contribution in [2.24, 2.45) is 0 Å². The van der Waals surface area contributed by atoms with Crippen LogP contribution in [0.15, 0.2) is 72.8 Å². The van der Waals surface area contributed by atoms with Crippen molar-refractivity contribution in [1.29, 1.82) is 0 Å². The fourth-order valence-corrected chi connectivity index (χ4v) is 3.78. The van der Waals surface area contributed by atoms with Crippen LogP contribution in [0.5, 0.6) is 0 Å². The second-order valence-corrected chi connectivity index (χ2v) is 7.70. The highest BCUT2D eigenvalue weighted by Crippen LogP contribution is 2.13. The van der Waals surface area contributed by atoms with Gasteiger partial charge >= 0.3 is 21.4 Å². The second kappa shape index (κ2) is 9.70. The Hall–Kier alpha value is -2.27. The summed E-state index contributed by atoms with van der Waals surface area (Å²) in [6.07, 6.45) is 2.92. The van der Waals surface area contributed by atoms with Crippen LogP contribution in [0, 0.1) is 0 Å². The van der Waals surface area contributed by atoms with E-state index in [-0.39, 0.29) is 0 Å². The first-order valence-electron chi connectivity index (χ1n) is 10.9. The molecule has 1 aliphatic rings. The maximum atomic E-state index is 6.32. The fraction of sp³-hybridized carbons (Fsp3) is 0.250. The van der Waals surface area contributed by atoms with Gasteiger partial charge in [0.15, 0.2) is 0 Å². The summed E-state index contributed by atoms with van der Waals surface area (Å²) in [5, 5.41) is 0. The molecule has 0 aliphatic carbocycles. The average molecular weight is 396 g/mol. The van der Waals surface area contributed by atoms with Crippen LogP contribution in [0.25, 0.3) is 0 Å². The zero-order chi connectivity index (χ0) is 20.9. The van der Waals surface area contributed by atoms with Crippen LogP contribution in [0.3, 0.4) is 0 Å². The van der Waals surface area contributed by atoms with E-state index in [2.05, 4.69) is 93.6 Å². The third-order valence-corrected chi connectivity index (χ3v) is 5.64. The summed E-state index contributed by atoms with van der Waals surface area (Å²) in [6, 6.07) is 25.3. The monoisotopic (exact) mass is 396 g/mol. The maximum Gasteiger partial charge on any atom is 0.467 e. The largest absolute Gasteiger partial charge is 0.467 e. The molecule has 0 unspecified atom stereocenters. The van der Waals surface area contributed by atoms with Crippen molar-refractivity contribution in [3.63, 3.8) is 0 Å². The van der Waals surface area contributed by atoms with Gasteiger partial charge in [0.2, 0.25) is 0 Å². The lowest BCUT2D eigenvalue weighted by atomic mass is 9.61. The third kappa shape index (κ3) is 4.72. The van der Waals surface area contributed by atoms with Gasteiger partial charge in [0.1, 0.15) is 0 Å². The van der Waals surface area contributed by atoms with E-state index in [0.717, 1.165) is 35.7 Å². The summed E-state index contributed by atoms with van der Waals surface area (Å²) in [4.78, 5) is 0. The van der Waals surface area contributed by atoms with E-state index in [1.807, 2.05) is 0 Å². The van der Waals surface area contributed by atoms with Crippen LogP contribution in [0.2, 0.25) is 0 Å². The Balaban J connectivity index is 1.69. The average Bonchev–Trinajstić information content (AvgIpc) is 2.83. The summed E-state index contributed by atoms with van der Waals surface area (Å²) in [7, 11) is -1.47. The fourth-order valence-electron chi connectivity index (χ4n) is 3.78. The predicted molar refractivity (Wildman–Crippen MR) is 127 cm³/mol. The molecule has 3 nitrogen and oxygen atoms in total. The van der Waals surface area contributed by atoms with Crippen molar-refractivity contribution in [3.05, 3.63) is 89.5 Å². The van der Waals surface area contributed by atoms with Gasteiger partial charge in [-0.25, -0.2) is 0 Å². The molecule has 0 N–H and O–H groups in total. The molecule has 1 fully saturated rings. The molecule has 0 saturated carbocycles. The Bertz CT molecular complexity index is 861. The van der Waals surface area contributed by atoms with E-state index in [4.69, 9.17) is 13.7 Å². The molecule has 3 aromatic rings. The van der Waals surface area contributed by atoms with Crippen LogP contribution >= 0.6 is 0 Å². The second-order valence-electron chi connectivity index (χ2n) is 7.70. The van der Waals surface area contributed by atoms with Gasteiger partial charge in [-0.2, -0.15) is 0 Å². The Morgan fingerprint density at radius 3 is 1.07 bits per heavy atom. The van der Waals surface area contributed by atoms with Crippen LogP contribution < -0.4 is 16.4 Å². The number of benzene rings is 3. The molecule has 0 atom stereocenters. The van der Waals surface area contributed by atoms with Gasteiger partial charge in [-0.1, -0.05) is 93.6 Å². The lowest BCUT2D eigenvalue weighted by Gasteiger charge is -2.32. The minimum atomic E-state index is -0.490. The molecule has 1 saturated heterocycles. The van der Waals surface area contributed by atoms with Gasteiger partial charge in [0.05, 0.1) is 0 Å². The molecular formula is C24H27B3O3. The van der Waals surface area contributed by atoms with E-state index >= 15 is 0 Å². The van der Waals surface area contributed by atoms with E-state index in [1.165, 1.54) is 16.7 Å². The highest BCUT2D eigenvalue weighted by atomic mass is 16.7. The minimum Gasteiger partial charge on any atom is -0.445 e. The van der Waals surface area contributed by atoms with Gasteiger partial charge in [-0.3, -0.25) is 0 Å². The third-order valence-electron chi connectivity index (χ3n) is 5.64. The van der Waals surface area contributed by atoms with Gasteiger partial charge in [0.25, 0.3) is 0 Å². The van der Waals surface area contributed by atoms with Crippen molar-refractivity contribution >= 4 is 37.7 Å². The molecule has 1 heterocycles. The first kappa shape index (κ1) is 21.0. The molecule has 0 bridgehead atoms. The first-order valence-corrected chi connectivity index (χ1v) is 10.9. The molecular weight excluding hydrogens is 369 g/mol. The van der Waals surface area contributed by atoms with Crippen molar-refractivity contribution in [1.82, 2.24) is 0 Å². The van der Waals surface area contributed by atoms with Crippen LogP contribution in [-0.4, -0.2) is 21.4 Å². The first-order chi connectivity index (χ1) is 14.7. The van der Waals surface area contributed by atoms with Crippen LogP contribution in [0.4, 0.5) is 0 Å². The van der Waals surface area contributed by atoms with Crippen molar-refractivity contribution in [3.8, 4) is 0 Å². The summed E-state index contributed by atoms with van der Waals surface area (Å²) in [5.41, 5.74) is 6.85. The van der Waals surface area contributed by atoms with E-state index in [1.54, 1.807) is 0 Å². The molecule has 30 heavy (non-hydrogen) atoms. The highest BCUT2D eigenvalue weighted by molar-refractivity contribution is 6.87. The van der Waals surface area contributed by atoms with Crippen LogP contribution in [-0.2, 0) is 33.0 Å². The standard InChI is InChI=1S/C24H27B3O3/c1-4-19-10-7-13-22(16-19)25-28-26(23-14-8-11-20(5-2)17-23)30-27(29-25)24-15-9-12-21(6-3)18-24/h7-18H,4-6H2,1-3H3. The quantitative estimate of drug-likeness (QED) is 0.601. The van der Waals surface area contributed by atoms with Crippen molar-refractivity contribution < 1.29 is 13.7 Å². The maximum absolute atomic E-state index is 6.32. The van der Waals surface area contributed by atoms with Gasteiger partial charge in [-0.05, 0) is 52.3 Å². The topological polar surface area (TPSA) is 27.7 Å². The van der Waals surface area contributed by atoms with E-state index in [9.17, 15) is 0 Å². The Kier molecular flexibility index (Phi) is 6.78. The summed E-state index contributed by atoms with van der Waals surface area (Å²) < 4.78 is 19.0. The smallest absolute Gasteiger partial charge is 0.445 e. The van der Waals surface area contributed by atoms with Gasteiger partial charge in [-0.15, -0.1) is 0 Å². The molecule has 150 valence electrons. The minimum absolute atomic E-state index is 0.490. The molecule has 3 aromatic carbocycles. The summed E-state index contributed by atoms with van der Waals surface area (Å²) >= 11 is 0. The zero-order valence-electron chi connectivity index (χ0n) is 18.0. The number of hydrogen-bond acceptors (Lipinski definition) is 3. The van der Waals surface area contributed by atoms with Crippen LogP contribution in [0.1, 0.15) is 37.5 Å². The normalized spacial score (nSPS) is 14.3. The lowest BCUT2D eigenvalue weighted by Crippen LogP contribution is -2.61. The van der Waals surface area contributed by atoms with Gasteiger partial charge in [0, 0.05) is 0 Å². The molecule has 0 spiro atoms. The molecule has 0 radical (unpaired) electrons. The molecule has 0 aromatic heterocycles. The number of aryl methyl sites for hydroxylation is 3. The SMILES string of the molecule is CCc1cccc(B2OB(c3cccc(CC)c3)OB(c3cccc(CC)c3)O2)c1. The Morgan fingerprint density at radius 1 is 0.500 bits per heavy atom.